The lowest BCUT2D eigenvalue weighted by Gasteiger charge is -2.06. The third-order valence-corrected chi connectivity index (χ3v) is 2.24. The standard InChI is InChI=1S/C11H10ClN3O/c1-7-2-11(15-6-10(7)13)16-9-3-8(12)4-14-5-9/h2-6H,13H2,1H3. The van der Waals surface area contributed by atoms with E-state index in [9.17, 15) is 0 Å². The summed E-state index contributed by atoms with van der Waals surface area (Å²) in [6, 6.07) is 3.43. The van der Waals surface area contributed by atoms with Gasteiger partial charge in [0.15, 0.2) is 0 Å². The quantitative estimate of drug-likeness (QED) is 0.870. The second-order valence-corrected chi connectivity index (χ2v) is 3.76. The minimum Gasteiger partial charge on any atom is -0.437 e. The minimum absolute atomic E-state index is 0.468. The molecule has 82 valence electrons. The smallest absolute Gasteiger partial charge is 0.219 e. The first-order valence-corrected chi connectivity index (χ1v) is 5.03. The van der Waals surface area contributed by atoms with Gasteiger partial charge in [-0.2, -0.15) is 0 Å². The van der Waals surface area contributed by atoms with Crippen molar-refractivity contribution >= 4 is 17.3 Å². The zero-order valence-corrected chi connectivity index (χ0v) is 9.40. The van der Waals surface area contributed by atoms with Gasteiger partial charge in [-0.05, 0) is 12.5 Å². The molecule has 2 heterocycles. The maximum absolute atomic E-state index is 5.78. The van der Waals surface area contributed by atoms with Crippen molar-refractivity contribution < 1.29 is 4.74 Å². The van der Waals surface area contributed by atoms with E-state index in [1.54, 1.807) is 24.5 Å². The molecule has 0 radical (unpaired) electrons. The van der Waals surface area contributed by atoms with Crippen LogP contribution in [0.4, 0.5) is 5.69 Å². The Balaban J connectivity index is 2.24. The number of nitrogens with zero attached hydrogens (tertiary/aromatic N) is 2. The summed E-state index contributed by atoms with van der Waals surface area (Å²) in [7, 11) is 0. The van der Waals surface area contributed by atoms with Crippen LogP contribution in [0.2, 0.25) is 5.02 Å². The number of anilines is 1. The zero-order valence-electron chi connectivity index (χ0n) is 8.64. The number of aryl methyl sites for hydroxylation is 1. The van der Waals surface area contributed by atoms with Crippen molar-refractivity contribution in [3.63, 3.8) is 0 Å². The molecule has 0 aliphatic rings. The van der Waals surface area contributed by atoms with Crippen LogP contribution in [-0.4, -0.2) is 9.97 Å². The number of aromatic nitrogens is 2. The fourth-order valence-electron chi connectivity index (χ4n) is 1.17. The van der Waals surface area contributed by atoms with Gasteiger partial charge in [-0.3, -0.25) is 4.98 Å². The van der Waals surface area contributed by atoms with Crippen LogP contribution in [0.15, 0.2) is 30.7 Å². The highest BCUT2D eigenvalue weighted by atomic mass is 35.5. The van der Waals surface area contributed by atoms with Gasteiger partial charge in [-0.1, -0.05) is 11.6 Å². The molecule has 0 atom stereocenters. The summed E-state index contributed by atoms with van der Waals surface area (Å²) >= 11 is 5.78. The van der Waals surface area contributed by atoms with Crippen molar-refractivity contribution in [3.05, 3.63) is 41.3 Å². The van der Waals surface area contributed by atoms with Gasteiger partial charge in [0.1, 0.15) is 5.75 Å². The first-order chi connectivity index (χ1) is 7.65. The number of nitrogen functional groups attached to an aromatic ring is 1. The van der Waals surface area contributed by atoms with E-state index in [-0.39, 0.29) is 0 Å². The first-order valence-electron chi connectivity index (χ1n) is 4.65. The summed E-state index contributed by atoms with van der Waals surface area (Å²) in [5.41, 5.74) is 7.21. The molecular formula is C11H10ClN3O. The topological polar surface area (TPSA) is 61.0 Å². The molecule has 0 aromatic carbocycles. The van der Waals surface area contributed by atoms with Gasteiger partial charge in [0.05, 0.1) is 23.1 Å². The van der Waals surface area contributed by atoms with E-state index in [0.29, 0.717) is 22.3 Å². The molecule has 5 heteroatoms. The van der Waals surface area contributed by atoms with Crippen LogP contribution >= 0.6 is 11.6 Å². The molecule has 4 nitrogen and oxygen atoms in total. The second-order valence-electron chi connectivity index (χ2n) is 3.32. The molecule has 0 amide bonds. The number of rotatable bonds is 2. The molecule has 2 aromatic rings. The fraction of sp³-hybridized carbons (Fsp3) is 0.0909. The van der Waals surface area contributed by atoms with E-state index < -0.39 is 0 Å². The summed E-state index contributed by atoms with van der Waals surface area (Å²) in [4.78, 5) is 7.96. The summed E-state index contributed by atoms with van der Waals surface area (Å²) in [5, 5.41) is 0.518. The lowest BCUT2D eigenvalue weighted by atomic mass is 10.2. The number of pyridine rings is 2. The molecule has 0 aliphatic carbocycles. The fourth-order valence-corrected chi connectivity index (χ4v) is 1.33. The molecule has 0 spiro atoms. The third kappa shape index (κ3) is 2.41. The molecule has 0 unspecified atom stereocenters. The predicted molar refractivity (Wildman–Crippen MR) is 62.7 cm³/mol. The van der Waals surface area contributed by atoms with Crippen LogP contribution in [0.25, 0.3) is 0 Å². The van der Waals surface area contributed by atoms with Gasteiger partial charge in [0, 0.05) is 18.3 Å². The van der Waals surface area contributed by atoms with Crippen LogP contribution in [-0.2, 0) is 0 Å². The highest BCUT2D eigenvalue weighted by Crippen LogP contribution is 2.23. The van der Waals surface area contributed by atoms with E-state index in [1.807, 2.05) is 6.92 Å². The summed E-state index contributed by atoms with van der Waals surface area (Å²) in [6.07, 6.45) is 4.66. The molecule has 0 fully saturated rings. The van der Waals surface area contributed by atoms with Crippen molar-refractivity contribution in [2.45, 2.75) is 6.92 Å². The lowest BCUT2D eigenvalue weighted by Crippen LogP contribution is -1.94. The van der Waals surface area contributed by atoms with Crippen molar-refractivity contribution in [1.82, 2.24) is 9.97 Å². The largest absolute Gasteiger partial charge is 0.437 e. The van der Waals surface area contributed by atoms with Gasteiger partial charge in [-0.15, -0.1) is 0 Å². The van der Waals surface area contributed by atoms with Gasteiger partial charge < -0.3 is 10.5 Å². The van der Waals surface area contributed by atoms with Crippen LogP contribution in [0.5, 0.6) is 11.6 Å². The number of halogens is 1. The molecule has 0 aliphatic heterocycles. The van der Waals surface area contributed by atoms with Crippen molar-refractivity contribution in [3.8, 4) is 11.6 Å². The molecule has 2 N–H and O–H groups in total. The van der Waals surface area contributed by atoms with Crippen LogP contribution in [0.3, 0.4) is 0 Å². The van der Waals surface area contributed by atoms with E-state index >= 15 is 0 Å². The predicted octanol–water partition coefficient (Wildman–Crippen LogP) is 2.81. The number of hydrogen-bond donors (Lipinski definition) is 1. The van der Waals surface area contributed by atoms with Crippen LogP contribution in [0, 0.1) is 6.92 Å². The number of ether oxygens (including phenoxy) is 1. The first kappa shape index (κ1) is 10.7. The Morgan fingerprint density at radius 2 is 2.06 bits per heavy atom. The molecule has 2 rings (SSSR count). The van der Waals surface area contributed by atoms with Gasteiger partial charge in [-0.25, -0.2) is 4.98 Å². The van der Waals surface area contributed by atoms with E-state index in [0.717, 1.165) is 5.56 Å². The van der Waals surface area contributed by atoms with E-state index in [4.69, 9.17) is 22.1 Å². The molecule has 16 heavy (non-hydrogen) atoms. The molecule has 2 aromatic heterocycles. The Bertz CT molecular complexity index is 516. The van der Waals surface area contributed by atoms with Crippen LogP contribution in [0.1, 0.15) is 5.56 Å². The Hall–Kier alpha value is -1.81. The zero-order chi connectivity index (χ0) is 11.5. The van der Waals surface area contributed by atoms with Crippen molar-refractivity contribution in [1.29, 1.82) is 0 Å². The monoisotopic (exact) mass is 235 g/mol. The Morgan fingerprint density at radius 1 is 1.25 bits per heavy atom. The second kappa shape index (κ2) is 4.37. The van der Waals surface area contributed by atoms with E-state index in [1.165, 1.54) is 6.20 Å². The lowest BCUT2D eigenvalue weighted by molar-refractivity contribution is 0.460. The van der Waals surface area contributed by atoms with Gasteiger partial charge in [0.25, 0.3) is 0 Å². The molecule has 0 saturated carbocycles. The Kier molecular flexibility index (Phi) is 2.92. The van der Waals surface area contributed by atoms with Crippen molar-refractivity contribution in [2.75, 3.05) is 5.73 Å². The molecular weight excluding hydrogens is 226 g/mol. The summed E-state index contributed by atoms with van der Waals surface area (Å²) < 4.78 is 5.48. The average Bonchev–Trinajstić information content (AvgIpc) is 2.24. The maximum atomic E-state index is 5.78. The highest BCUT2D eigenvalue weighted by molar-refractivity contribution is 6.30. The van der Waals surface area contributed by atoms with Gasteiger partial charge in [0.2, 0.25) is 5.88 Å². The maximum Gasteiger partial charge on any atom is 0.219 e. The van der Waals surface area contributed by atoms with Crippen LogP contribution < -0.4 is 10.5 Å². The minimum atomic E-state index is 0.468. The van der Waals surface area contributed by atoms with Gasteiger partial charge >= 0.3 is 0 Å². The molecule has 0 saturated heterocycles. The Morgan fingerprint density at radius 3 is 2.75 bits per heavy atom. The third-order valence-electron chi connectivity index (χ3n) is 2.03. The normalized spacial score (nSPS) is 10.1. The SMILES string of the molecule is Cc1cc(Oc2cncc(Cl)c2)ncc1N. The summed E-state index contributed by atoms with van der Waals surface area (Å²) in [6.45, 7) is 1.89. The number of hydrogen-bond acceptors (Lipinski definition) is 4. The Labute approximate surface area is 98.0 Å². The molecule has 0 bridgehead atoms. The highest BCUT2D eigenvalue weighted by Gasteiger charge is 2.02. The summed E-state index contributed by atoms with van der Waals surface area (Å²) in [5.74, 6) is 1.01. The number of nitrogens with two attached hydrogens (primary N) is 1. The van der Waals surface area contributed by atoms with Crippen molar-refractivity contribution in [2.24, 2.45) is 0 Å². The van der Waals surface area contributed by atoms with E-state index in [2.05, 4.69) is 9.97 Å². The average molecular weight is 236 g/mol.